The van der Waals surface area contributed by atoms with Crippen LogP contribution in [0.3, 0.4) is 0 Å². The van der Waals surface area contributed by atoms with Gasteiger partial charge in [-0.1, -0.05) is 25.1 Å². The summed E-state index contributed by atoms with van der Waals surface area (Å²) in [5.74, 6) is -1.24. The number of carbonyl (C=O) groups is 2. The molecular formula is C17H15N3O4. The van der Waals surface area contributed by atoms with Gasteiger partial charge >= 0.3 is 5.97 Å². The van der Waals surface area contributed by atoms with Gasteiger partial charge in [0.15, 0.2) is 5.41 Å². The number of nitriles is 1. The molecule has 1 spiro atoms. The van der Waals surface area contributed by atoms with Gasteiger partial charge in [0, 0.05) is 17.7 Å². The van der Waals surface area contributed by atoms with Crippen molar-refractivity contribution in [2.24, 2.45) is 5.73 Å². The predicted molar refractivity (Wildman–Crippen MR) is 84.0 cm³/mol. The number of ether oxygens (including phenoxy) is 2. The Bertz CT molecular complexity index is 863. The van der Waals surface area contributed by atoms with Crippen molar-refractivity contribution in [1.82, 2.24) is 0 Å². The van der Waals surface area contributed by atoms with Gasteiger partial charge in [-0.15, -0.1) is 0 Å². The fourth-order valence-electron chi connectivity index (χ4n) is 3.26. The summed E-state index contributed by atoms with van der Waals surface area (Å²) in [5, 5.41) is 12.4. The summed E-state index contributed by atoms with van der Waals surface area (Å²) in [4.78, 5) is 25.5. The molecular weight excluding hydrogens is 310 g/mol. The highest BCUT2D eigenvalue weighted by atomic mass is 16.5. The molecule has 2 aliphatic rings. The number of allylic oxidation sites excluding steroid dienone is 1. The number of nitrogens with two attached hydrogens (primary N) is 1. The van der Waals surface area contributed by atoms with Gasteiger partial charge in [-0.2, -0.15) is 5.26 Å². The number of nitrogens with zero attached hydrogens (tertiary/aromatic N) is 1. The van der Waals surface area contributed by atoms with Crippen molar-refractivity contribution in [1.29, 1.82) is 5.26 Å². The van der Waals surface area contributed by atoms with Crippen LogP contribution in [0.1, 0.15) is 18.9 Å². The van der Waals surface area contributed by atoms with Crippen LogP contribution in [0.15, 0.2) is 47.1 Å². The maximum atomic E-state index is 13.0. The fourth-order valence-corrected chi connectivity index (χ4v) is 3.26. The van der Waals surface area contributed by atoms with Crippen LogP contribution in [0, 0.1) is 11.3 Å². The summed E-state index contributed by atoms with van der Waals surface area (Å²) in [5.41, 5.74) is 5.10. The van der Waals surface area contributed by atoms with E-state index in [-0.39, 0.29) is 22.8 Å². The van der Waals surface area contributed by atoms with E-state index < -0.39 is 17.3 Å². The van der Waals surface area contributed by atoms with Crippen LogP contribution in [0.25, 0.3) is 0 Å². The fraction of sp³-hybridized carbons (Fsp3) is 0.235. The van der Waals surface area contributed by atoms with Gasteiger partial charge in [-0.25, -0.2) is 4.79 Å². The number of para-hydroxylation sites is 1. The summed E-state index contributed by atoms with van der Waals surface area (Å²) in [6.45, 7) is 1.76. The molecule has 0 radical (unpaired) electrons. The third-order valence-corrected chi connectivity index (χ3v) is 4.25. The number of esters is 1. The van der Waals surface area contributed by atoms with Crippen molar-refractivity contribution >= 4 is 17.6 Å². The maximum absolute atomic E-state index is 13.0. The summed E-state index contributed by atoms with van der Waals surface area (Å²) in [7, 11) is 1.21. The minimum absolute atomic E-state index is 0.0132. The van der Waals surface area contributed by atoms with E-state index >= 15 is 0 Å². The second-order valence-electron chi connectivity index (χ2n) is 5.35. The van der Waals surface area contributed by atoms with Crippen LogP contribution in [0.4, 0.5) is 5.69 Å². The number of methoxy groups -OCH3 is 1. The zero-order chi connectivity index (χ0) is 17.5. The van der Waals surface area contributed by atoms with Gasteiger partial charge in [-0.05, 0) is 6.07 Å². The summed E-state index contributed by atoms with van der Waals surface area (Å²) < 4.78 is 10.3. The highest BCUT2D eigenvalue weighted by Gasteiger charge is 2.59. The number of fused-ring (bicyclic) bond motifs is 2. The van der Waals surface area contributed by atoms with Crippen LogP contribution in [-0.2, 0) is 24.5 Å². The predicted octanol–water partition coefficient (Wildman–Crippen LogP) is 1.44. The Hall–Kier alpha value is -3.27. The van der Waals surface area contributed by atoms with Gasteiger partial charge in [-0.3, -0.25) is 4.79 Å². The first-order chi connectivity index (χ1) is 11.5. The Morgan fingerprint density at radius 3 is 2.79 bits per heavy atom. The van der Waals surface area contributed by atoms with Crippen molar-refractivity contribution in [3.63, 3.8) is 0 Å². The normalized spacial score (nSPS) is 22.0. The number of benzene rings is 1. The molecule has 122 valence electrons. The standard InChI is InChI=1S/C17H15N3O4/c1-3-12-13(15(21)23-2)17(10(8-18)14(19)24-12)9-6-4-5-7-11(9)20-16(17)22/h4-7H,3,19H2,1-2H3,(H,20,22)/t17-/m1/s1. The molecule has 7 nitrogen and oxygen atoms in total. The van der Waals surface area contributed by atoms with E-state index in [1.165, 1.54) is 7.11 Å². The summed E-state index contributed by atoms with van der Waals surface area (Å²) in [6, 6.07) is 8.79. The van der Waals surface area contributed by atoms with Crippen LogP contribution >= 0.6 is 0 Å². The quantitative estimate of drug-likeness (QED) is 0.795. The monoisotopic (exact) mass is 325 g/mol. The van der Waals surface area contributed by atoms with Crippen LogP contribution in [0.5, 0.6) is 0 Å². The van der Waals surface area contributed by atoms with Gasteiger partial charge in [0.25, 0.3) is 0 Å². The largest absolute Gasteiger partial charge is 0.466 e. The molecule has 7 heteroatoms. The Morgan fingerprint density at radius 1 is 1.46 bits per heavy atom. The molecule has 0 saturated heterocycles. The molecule has 3 rings (SSSR count). The molecule has 0 aliphatic carbocycles. The zero-order valence-electron chi connectivity index (χ0n) is 13.2. The van der Waals surface area contributed by atoms with Gasteiger partial charge in [0.1, 0.15) is 23.0 Å². The molecule has 0 aromatic heterocycles. The topological polar surface area (TPSA) is 114 Å². The average Bonchev–Trinajstić information content (AvgIpc) is 2.87. The highest BCUT2D eigenvalue weighted by molar-refractivity contribution is 6.17. The van der Waals surface area contributed by atoms with Gasteiger partial charge in [0.2, 0.25) is 11.8 Å². The van der Waals surface area contributed by atoms with E-state index in [2.05, 4.69) is 5.32 Å². The smallest absolute Gasteiger partial charge is 0.339 e. The van der Waals surface area contributed by atoms with Crippen molar-refractivity contribution in [3.05, 3.63) is 52.6 Å². The summed E-state index contributed by atoms with van der Waals surface area (Å²) in [6.07, 6.45) is 0.307. The number of anilines is 1. The molecule has 0 bridgehead atoms. The van der Waals surface area contributed by atoms with Crippen LogP contribution in [-0.4, -0.2) is 19.0 Å². The molecule has 1 aromatic rings. The van der Waals surface area contributed by atoms with E-state index in [4.69, 9.17) is 15.2 Å². The molecule has 24 heavy (non-hydrogen) atoms. The molecule has 0 saturated carbocycles. The van der Waals surface area contributed by atoms with Gasteiger partial charge in [0.05, 0.1) is 7.11 Å². The minimum atomic E-state index is -1.66. The Kier molecular flexibility index (Phi) is 3.53. The third kappa shape index (κ3) is 1.77. The van der Waals surface area contributed by atoms with Crippen molar-refractivity contribution in [3.8, 4) is 6.07 Å². The first-order valence-corrected chi connectivity index (χ1v) is 7.33. The molecule has 2 heterocycles. The molecule has 0 unspecified atom stereocenters. The van der Waals surface area contributed by atoms with E-state index in [1.54, 1.807) is 31.2 Å². The van der Waals surface area contributed by atoms with Gasteiger partial charge < -0.3 is 20.5 Å². The molecule has 0 fully saturated rings. The van der Waals surface area contributed by atoms with E-state index in [0.717, 1.165) is 0 Å². The lowest BCUT2D eigenvalue weighted by atomic mass is 9.68. The van der Waals surface area contributed by atoms with E-state index in [9.17, 15) is 14.9 Å². The lowest BCUT2D eigenvalue weighted by Gasteiger charge is -2.34. The number of rotatable bonds is 2. The highest BCUT2D eigenvalue weighted by Crippen LogP contribution is 2.52. The minimum Gasteiger partial charge on any atom is -0.466 e. The number of hydrogen-bond acceptors (Lipinski definition) is 6. The Balaban J connectivity index is 2.45. The van der Waals surface area contributed by atoms with E-state index in [1.807, 2.05) is 6.07 Å². The van der Waals surface area contributed by atoms with E-state index in [0.29, 0.717) is 17.7 Å². The molecule has 1 aromatic carbocycles. The molecule has 2 aliphatic heterocycles. The van der Waals surface area contributed by atoms with Crippen LogP contribution < -0.4 is 11.1 Å². The zero-order valence-corrected chi connectivity index (χ0v) is 13.2. The number of carbonyl (C=O) groups excluding carboxylic acids is 2. The van der Waals surface area contributed by atoms with Crippen molar-refractivity contribution < 1.29 is 19.1 Å². The molecule has 1 amide bonds. The lowest BCUT2D eigenvalue weighted by molar-refractivity contribution is -0.138. The average molecular weight is 325 g/mol. The third-order valence-electron chi connectivity index (χ3n) is 4.25. The SMILES string of the molecule is CCC1=C(C(=O)OC)[C@]2(C(=O)Nc3ccccc32)C(C#N)=C(N)O1. The number of hydrogen-bond donors (Lipinski definition) is 2. The number of nitrogens with one attached hydrogen (secondary N) is 1. The second-order valence-corrected chi connectivity index (χ2v) is 5.35. The Morgan fingerprint density at radius 2 is 2.17 bits per heavy atom. The second kappa shape index (κ2) is 5.42. The van der Waals surface area contributed by atoms with Crippen LogP contribution in [0.2, 0.25) is 0 Å². The number of amides is 1. The Labute approximate surface area is 138 Å². The molecule has 3 N–H and O–H groups in total. The van der Waals surface area contributed by atoms with Crippen molar-refractivity contribution in [2.45, 2.75) is 18.8 Å². The van der Waals surface area contributed by atoms with Crippen molar-refractivity contribution in [2.75, 3.05) is 12.4 Å². The first kappa shape index (κ1) is 15.6. The first-order valence-electron chi connectivity index (χ1n) is 7.33. The maximum Gasteiger partial charge on any atom is 0.339 e. The molecule has 1 atom stereocenters. The summed E-state index contributed by atoms with van der Waals surface area (Å²) >= 11 is 0. The lowest BCUT2D eigenvalue weighted by Crippen LogP contribution is -2.45.